The van der Waals surface area contributed by atoms with E-state index in [0.717, 1.165) is 5.56 Å². The highest BCUT2D eigenvalue weighted by molar-refractivity contribution is 5.46. The first kappa shape index (κ1) is 13.9. The van der Waals surface area contributed by atoms with E-state index in [1.54, 1.807) is 7.11 Å². The highest BCUT2D eigenvalue weighted by Gasteiger charge is 2.46. The Morgan fingerprint density at radius 2 is 2.26 bits per heavy atom. The van der Waals surface area contributed by atoms with Crippen molar-refractivity contribution in [2.75, 3.05) is 20.3 Å². The van der Waals surface area contributed by atoms with Crippen molar-refractivity contribution in [3.05, 3.63) is 29.8 Å². The van der Waals surface area contributed by atoms with Gasteiger partial charge in [-0.05, 0) is 6.07 Å². The van der Waals surface area contributed by atoms with E-state index >= 15 is 0 Å². The zero-order valence-corrected chi connectivity index (χ0v) is 11.3. The molecule has 1 heterocycles. The van der Waals surface area contributed by atoms with Gasteiger partial charge >= 0.3 is 0 Å². The highest BCUT2D eigenvalue weighted by Crippen LogP contribution is 2.42. The van der Waals surface area contributed by atoms with Crippen LogP contribution in [0.5, 0.6) is 5.75 Å². The highest BCUT2D eigenvalue weighted by atomic mass is 16.5. The second kappa shape index (κ2) is 5.60. The van der Waals surface area contributed by atoms with Crippen LogP contribution in [0.25, 0.3) is 0 Å². The molecule has 0 radical (unpaired) electrons. The number of hydrogen-bond acceptors (Lipinski definition) is 4. The second-order valence-electron chi connectivity index (χ2n) is 5.06. The minimum absolute atomic E-state index is 0.115. The third-order valence-corrected chi connectivity index (χ3v) is 3.79. The molecule has 4 heteroatoms. The maximum Gasteiger partial charge on any atom is 0.124 e. The molecular weight excluding hydrogens is 242 g/mol. The molecule has 0 saturated carbocycles. The molecule has 0 spiro atoms. The Balaban J connectivity index is 2.42. The number of para-hydroxylation sites is 1. The number of hydrogen-bond donors (Lipinski definition) is 1. The number of nitrogens with zero attached hydrogens (tertiary/aromatic N) is 1. The van der Waals surface area contributed by atoms with E-state index in [1.165, 1.54) is 0 Å². The number of nitriles is 1. The lowest BCUT2D eigenvalue weighted by Crippen LogP contribution is -2.46. The van der Waals surface area contributed by atoms with Crippen LogP contribution < -0.4 is 4.74 Å². The molecule has 2 rings (SSSR count). The maximum atomic E-state index is 10.6. The van der Waals surface area contributed by atoms with Crippen LogP contribution in [0, 0.1) is 17.2 Å². The van der Waals surface area contributed by atoms with E-state index in [9.17, 15) is 10.4 Å². The van der Waals surface area contributed by atoms with E-state index in [2.05, 4.69) is 6.07 Å². The van der Waals surface area contributed by atoms with E-state index < -0.39 is 11.5 Å². The van der Waals surface area contributed by atoms with Crippen LogP contribution in [0.1, 0.15) is 18.9 Å². The minimum Gasteiger partial charge on any atom is -0.493 e. The molecule has 3 unspecified atom stereocenters. The Morgan fingerprint density at radius 1 is 1.53 bits per heavy atom. The molecular formula is C15H19NO3. The summed E-state index contributed by atoms with van der Waals surface area (Å²) in [6, 6.07) is 9.77. The quantitative estimate of drug-likeness (QED) is 0.898. The van der Waals surface area contributed by atoms with Gasteiger partial charge in [-0.3, -0.25) is 0 Å². The smallest absolute Gasteiger partial charge is 0.124 e. The van der Waals surface area contributed by atoms with Gasteiger partial charge < -0.3 is 14.6 Å². The van der Waals surface area contributed by atoms with Crippen molar-refractivity contribution in [3.8, 4) is 11.8 Å². The molecule has 1 aromatic rings. The molecule has 0 aromatic heterocycles. The standard InChI is InChI=1S/C15H19NO3/c1-11(9-18-2)14(17)15(10-16)7-8-19-13-6-4-3-5-12(13)15/h3-6,11,14,17H,7-9H2,1-2H3. The largest absolute Gasteiger partial charge is 0.493 e. The average Bonchev–Trinajstić information content (AvgIpc) is 2.46. The van der Waals surface area contributed by atoms with E-state index in [4.69, 9.17) is 9.47 Å². The second-order valence-corrected chi connectivity index (χ2v) is 5.06. The number of ether oxygens (including phenoxy) is 2. The fourth-order valence-corrected chi connectivity index (χ4v) is 2.75. The van der Waals surface area contributed by atoms with Crippen molar-refractivity contribution in [1.82, 2.24) is 0 Å². The van der Waals surface area contributed by atoms with Crippen LogP contribution >= 0.6 is 0 Å². The summed E-state index contributed by atoms with van der Waals surface area (Å²) in [6.45, 7) is 2.76. The summed E-state index contributed by atoms with van der Waals surface area (Å²) in [5, 5.41) is 20.3. The molecule has 0 fully saturated rings. The summed E-state index contributed by atoms with van der Waals surface area (Å²) in [5.41, 5.74) is -0.133. The van der Waals surface area contributed by atoms with Crippen LogP contribution in [0.3, 0.4) is 0 Å². The molecule has 4 nitrogen and oxygen atoms in total. The number of methoxy groups -OCH3 is 1. The Kier molecular flexibility index (Phi) is 4.08. The van der Waals surface area contributed by atoms with Crippen molar-refractivity contribution in [1.29, 1.82) is 5.26 Å². The Labute approximate surface area is 113 Å². The number of aliphatic hydroxyl groups is 1. The van der Waals surface area contributed by atoms with Gasteiger partial charge in [0.25, 0.3) is 0 Å². The molecule has 0 aliphatic carbocycles. The molecule has 102 valence electrons. The molecule has 1 aromatic carbocycles. The predicted molar refractivity (Wildman–Crippen MR) is 70.9 cm³/mol. The molecule has 1 N–H and O–H groups in total. The number of rotatable bonds is 4. The molecule has 3 atom stereocenters. The maximum absolute atomic E-state index is 10.6. The minimum atomic E-state index is -0.910. The number of benzene rings is 1. The van der Waals surface area contributed by atoms with Crippen LogP contribution in [0.4, 0.5) is 0 Å². The van der Waals surface area contributed by atoms with Crippen LogP contribution in [0.15, 0.2) is 24.3 Å². The van der Waals surface area contributed by atoms with Gasteiger partial charge in [0, 0.05) is 25.0 Å². The normalized spacial score (nSPS) is 24.7. The van der Waals surface area contributed by atoms with E-state index in [0.29, 0.717) is 25.4 Å². The number of fused-ring (bicyclic) bond motifs is 1. The summed E-state index contributed by atoms with van der Waals surface area (Å²) in [5.74, 6) is 0.578. The Hall–Kier alpha value is -1.57. The third kappa shape index (κ3) is 2.32. The fraction of sp³-hybridized carbons (Fsp3) is 0.533. The van der Waals surface area contributed by atoms with Crippen molar-refractivity contribution < 1.29 is 14.6 Å². The van der Waals surface area contributed by atoms with Crippen LogP contribution in [-0.2, 0) is 10.2 Å². The first-order chi connectivity index (χ1) is 9.15. The average molecular weight is 261 g/mol. The van der Waals surface area contributed by atoms with Gasteiger partial charge in [0.2, 0.25) is 0 Å². The molecule has 0 saturated heterocycles. The van der Waals surface area contributed by atoms with E-state index in [-0.39, 0.29) is 5.92 Å². The molecule has 1 aliphatic heterocycles. The molecule has 0 bridgehead atoms. The summed E-state index contributed by atoms with van der Waals surface area (Å²) < 4.78 is 10.7. The van der Waals surface area contributed by atoms with Gasteiger partial charge in [-0.15, -0.1) is 0 Å². The van der Waals surface area contributed by atoms with Crippen molar-refractivity contribution in [2.24, 2.45) is 5.92 Å². The summed E-state index contributed by atoms with van der Waals surface area (Å²) in [6.07, 6.45) is -0.280. The third-order valence-electron chi connectivity index (χ3n) is 3.79. The zero-order chi connectivity index (χ0) is 13.9. The molecule has 0 amide bonds. The van der Waals surface area contributed by atoms with Gasteiger partial charge in [0.05, 0.1) is 25.4 Å². The van der Waals surface area contributed by atoms with Gasteiger partial charge in [0.1, 0.15) is 11.2 Å². The zero-order valence-electron chi connectivity index (χ0n) is 11.3. The van der Waals surface area contributed by atoms with Crippen molar-refractivity contribution in [2.45, 2.75) is 24.9 Å². The SMILES string of the molecule is COCC(C)C(O)C1(C#N)CCOc2ccccc21. The summed E-state index contributed by atoms with van der Waals surface area (Å²) >= 11 is 0. The van der Waals surface area contributed by atoms with E-state index in [1.807, 2.05) is 31.2 Å². The monoisotopic (exact) mass is 261 g/mol. The Bertz CT molecular complexity index is 483. The fourth-order valence-electron chi connectivity index (χ4n) is 2.75. The van der Waals surface area contributed by atoms with Gasteiger partial charge in [-0.2, -0.15) is 5.26 Å². The lowest BCUT2D eigenvalue weighted by molar-refractivity contribution is 0.00674. The Morgan fingerprint density at radius 3 is 2.95 bits per heavy atom. The lowest BCUT2D eigenvalue weighted by Gasteiger charge is -2.39. The first-order valence-corrected chi connectivity index (χ1v) is 6.46. The lowest BCUT2D eigenvalue weighted by atomic mass is 9.69. The van der Waals surface area contributed by atoms with Gasteiger partial charge in [0.15, 0.2) is 0 Å². The van der Waals surface area contributed by atoms with Gasteiger partial charge in [-0.1, -0.05) is 25.1 Å². The van der Waals surface area contributed by atoms with Crippen molar-refractivity contribution in [3.63, 3.8) is 0 Å². The topological polar surface area (TPSA) is 62.5 Å². The van der Waals surface area contributed by atoms with Crippen LogP contribution in [-0.4, -0.2) is 31.5 Å². The molecule has 1 aliphatic rings. The molecule has 19 heavy (non-hydrogen) atoms. The van der Waals surface area contributed by atoms with Crippen molar-refractivity contribution >= 4 is 0 Å². The van der Waals surface area contributed by atoms with Gasteiger partial charge in [-0.25, -0.2) is 0 Å². The van der Waals surface area contributed by atoms with Crippen LogP contribution in [0.2, 0.25) is 0 Å². The summed E-state index contributed by atoms with van der Waals surface area (Å²) in [7, 11) is 1.60. The first-order valence-electron chi connectivity index (χ1n) is 6.46. The number of aliphatic hydroxyl groups excluding tert-OH is 1. The summed E-state index contributed by atoms with van der Waals surface area (Å²) in [4.78, 5) is 0. The predicted octanol–water partition coefficient (Wildman–Crippen LogP) is 1.87.